The average molecular weight is 238 g/mol. The van der Waals surface area contributed by atoms with Gasteiger partial charge in [-0.05, 0) is 37.4 Å². The monoisotopic (exact) mass is 238 g/mol. The van der Waals surface area contributed by atoms with Gasteiger partial charge >= 0.3 is 0 Å². The van der Waals surface area contributed by atoms with Crippen molar-refractivity contribution in [3.8, 4) is 0 Å². The van der Waals surface area contributed by atoms with Crippen molar-refractivity contribution in [2.75, 3.05) is 20.3 Å². The lowest BCUT2D eigenvalue weighted by Gasteiger charge is -2.11. The Hall–Kier alpha value is -0.800. The molecule has 0 aliphatic rings. The molecule has 1 N–H and O–H groups in total. The van der Waals surface area contributed by atoms with Crippen LogP contribution in [0.5, 0.6) is 0 Å². The van der Waals surface area contributed by atoms with Gasteiger partial charge in [0.05, 0.1) is 0 Å². The number of unbranched alkanes of at least 4 members (excludes halogenated alkanes) is 1. The largest absolute Gasteiger partial charge is 0.385 e. The van der Waals surface area contributed by atoms with Crippen LogP contribution < -0.4 is 5.32 Å². The Balaban J connectivity index is 2.27. The number of ether oxygens (including phenoxy) is 1. The molecule has 1 aromatic heterocycles. The van der Waals surface area contributed by atoms with E-state index in [9.17, 15) is 0 Å². The number of aryl methyl sites for hydroxylation is 1. The molecule has 0 saturated carbocycles. The minimum Gasteiger partial charge on any atom is -0.385 e. The quantitative estimate of drug-likeness (QED) is 0.669. The van der Waals surface area contributed by atoms with Crippen LogP contribution in [0.2, 0.25) is 0 Å². The van der Waals surface area contributed by atoms with E-state index >= 15 is 0 Å². The van der Waals surface area contributed by atoms with Crippen LogP contribution in [-0.2, 0) is 17.8 Å². The molecular formula is C14H26N2O. The van der Waals surface area contributed by atoms with E-state index in [1.165, 1.54) is 12.1 Å². The molecule has 0 aliphatic heterocycles. The van der Waals surface area contributed by atoms with Gasteiger partial charge in [0.25, 0.3) is 0 Å². The summed E-state index contributed by atoms with van der Waals surface area (Å²) in [5.74, 6) is 0.708. The van der Waals surface area contributed by atoms with Crippen molar-refractivity contribution in [2.24, 2.45) is 5.92 Å². The van der Waals surface area contributed by atoms with Crippen LogP contribution in [0, 0.1) is 5.92 Å². The first-order valence-corrected chi connectivity index (χ1v) is 6.57. The third-order valence-corrected chi connectivity index (χ3v) is 2.78. The lowest BCUT2D eigenvalue weighted by atomic mass is 10.2. The zero-order valence-electron chi connectivity index (χ0n) is 11.4. The van der Waals surface area contributed by atoms with Crippen LogP contribution in [0.25, 0.3) is 0 Å². The zero-order chi connectivity index (χ0) is 12.5. The van der Waals surface area contributed by atoms with Crippen molar-refractivity contribution in [2.45, 2.75) is 39.8 Å². The van der Waals surface area contributed by atoms with Gasteiger partial charge in [0.15, 0.2) is 0 Å². The molecule has 0 aliphatic carbocycles. The first kappa shape index (κ1) is 14.3. The molecule has 1 aromatic rings. The summed E-state index contributed by atoms with van der Waals surface area (Å²) in [5, 5.41) is 3.48. The predicted octanol–water partition coefficient (Wildman–Crippen LogP) is 2.66. The molecule has 1 rings (SSSR count). The minimum absolute atomic E-state index is 0.708. The molecule has 3 nitrogen and oxygen atoms in total. The lowest BCUT2D eigenvalue weighted by Crippen LogP contribution is -2.20. The van der Waals surface area contributed by atoms with Crippen molar-refractivity contribution >= 4 is 0 Å². The van der Waals surface area contributed by atoms with E-state index in [1.807, 2.05) is 0 Å². The SMILES string of the molecule is COCCCCn1cccc1CNCC(C)C. The van der Waals surface area contributed by atoms with Gasteiger partial charge in [-0.1, -0.05) is 13.8 Å². The summed E-state index contributed by atoms with van der Waals surface area (Å²) < 4.78 is 7.40. The molecule has 0 fully saturated rings. The fourth-order valence-corrected chi connectivity index (χ4v) is 1.85. The van der Waals surface area contributed by atoms with Crippen LogP contribution in [-0.4, -0.2) is 24.8 Å². The zero-order valence-corrected chi connectivity index (χ0v) is 11.4. The highest BCUT2D eigenvalue weighted by atomic mass is 16.5. The van der Waals surface area contributed by atoms with Crippen molar-refractivity contribution in [3.05, 3.63) is 24.0 Å². The van der Waals surface area contributed by atoms with E-state index in [0.717, 1.165) is 32.7 Å². The van der Waals surface area contributed by atoms with Gasteiger partial charge in [-0.25, -0.2) is 0 Å². The molecule has 0 unspecified atom stereocenters. The molecule has 0 bridgehead atoms. The number of hydrogen-bond donors (Lipinski definition) is 1. The molecule has 17 heavy (non-hydrogen) atoms. The van der Waals surface area contributed by atoms with Gasteiger partial charge in [0.2, 0.25) is 0 Å². The predicted molar refractivity (Wildman–Crippen MR) is 72.1 cm³/mol. The third-order valence-electron chi connectivity index (χ3n) is 2.78. The van der Waals surface area contributed by atoms with Gasteiger partial charge < -0.3 is 14.6 Å². The van der Waals surface area contributed by atoms with Crippen LogP contribution in [0.3, 0.4) is 0 Å². The number of hydrogen-bond acceptors (Lipinski definition) is 2. The van der Waals surface area contributed by atoms with Crippen molar-refractivity contribution in [1.82, 2.24) is 9.88 Å². The summed E-state index contributed by atoms with van der Waals surface area (Å²) >= 11 is 0. The molecule has 0 spiro atoms. The van der Waals surface area contributed by atoms with Crippen molar-refractivity contribution in [3.63, 3.8) is 0 Å². The minimum atomic E-state index is 0.708. The highest BCUT2D eigenvalue weighted by Crippen LogP contribution is 2.05. The molecular weight excluding hydrogens is 212 g/mol. The first-order valence-electron chi connectivity index (χ1n) is 6.57. The molecule has 0 aromatic carbocycles. The summed E-state index contributed by atoms with van der Waals surface area (Å²) in [7, 11) is 1.76. The molecule has 0 amide bonds. The lowest BCUT2D eigenvalue weighted by molar-refractivity contribution is 0.191. The van der Waals surface area contributed by atoms with E-state index < -0.39 is 0 Å². The first-order chi connectivity index (χ1) is 8.24. The molecule has 1 heterocycles. The number of methoxy groups -OCH3 is 1. The van der Waals surface area contributed by atoms with Crippen LogP contribution >= 0.6 is 0 Å². The summed E-state index contributed by atoms with van der Waals surface area (Å²) in [6.07, 6.45) is 4.48. The molecule has 98 valence electrons. The highest BCUT2D eigenvalue weighted by molar-refractivity contribution is 5.06. The molecule has 0 atom stereocenters. The fraction of sp³-hybridized carbons (Fsp3) is 0.714. The topological polar surface area (TPSA) is 26.2 Å². The van der Waals surface area contributed by atoms with Crippen LogP contribution in [0.15, 0.2) is 18.3 Å². The standard InChI is InChI=1S/C14H26N2O/c1-13(2)11-15-12-14-7-6-9-16(14)8-4-5-10-17-3/h6-7,9,13,15H,4-5,8,10-12H2,1-3H3. The normalized spacial score (nSPS) is 11.3. The second-order valence-corrected chi connectivity index (χ2v) is 4.92. The molecule has 3 heteroatoms. The molecule has 0 saturated heterocycles. The van der Waals surface area contributed by atoms with Gasteiger partial charge in [0.1, 0.15) is 0 Å². The van der Waals surface area contributed by atoms with Gasteiger partial charge in [-0.2, -0.15) is 0 Å². The molecule has 0 radical (unpaired) electrons. The number of aromatic nitrogens is 1. The Labute approximate surface area is 105 Å². The summed E-state index contributed by atoms with van der Waals surface area (Å²) in [5.41, 5.74) is 1.38. The Kier molecular flexibility index (Phi) is 6.97. The van der Waals surface area contributed by atoms with E-state index in [4.69, 9.17) is 4.74 Å². The summed E-state index contributed by atoms with van der Waals surface area (Å²) in [4.78, 5) is 0. The van der Waals surface area contributed by atoms with Gasteiger partial charge in [-0.3, -0.25) is 0 Å². The van der Waals surface area contributed by atoms with Crippen LogP contribution in [0.1, 0.15) is 32.4 Å². The van der Waals surface area contributed by atoms with E-state index in [2.05, 4.69) is 42.1 Å². The van der Waals surface area contributed by atoms with E-state index in [0.29, 0.717) is 5.92 Å². The third kappa shape index (κ3) is 5.89. The van der Waals surface area contributed by atoms with E-state index in [1.54, 1.807) is 7.11 Å². The Bertz CT molecular complexity index is 294. The second-order valence-electron chi connectivity index (χ2n) is 4.92. The van der Waals surface area contributed by atoms with Gasteiger partial charge in [-0.15, -0.1) is 0 Å². The summed E-state index contributed by atoms with van der Waals surface area (Å²) in [6.45, 7) is 8.47. The maximum atomic E-state index is 5.06. The second kappa shape index (κ2) is 8.31. The number of nitrogens with zero attached hydrogens (tertiary/aromatic N) is 1. The van der Waals surface area contributed by atoms with Crippen molar-refractivity contribution in [1.29, 1.82) is 0 Å². The maximum absolute atomic E-state index is 5.06. The number of nitrogens with one attached hydrogen (secondary N) is 1. The Morgan fingerprint density at radius 1 is 1.35 bits per heavy atom. The van der Waals surface area contributed by atoms with Crippen LogP contribution in [0.4, 0.5) is 0 Å². The highest BCUT2D eigenvalue weighted by Gasteiger charge is 2.01. The van der Waals surface area contributed by atoms with Gasteiger partial charge in [0, 0.05) is 38.7 Å². The van der Waals surface area contributed by atoms with Crippen molar-refractivity contribution < 1.29 is 4.74 Å². The van der Waals surface area contributed by atoms with E-state index in [-0.39, 0.29) is 0 Å². The summed E-state index contributed by atoms with van der Waals surface area (Å²) in [6, 6.07) is 4.33. The average Bonchev–Trinajstić information content (AvgIpc) is 2.72. The maximum Gasteiger partial charge on any atom is 0.0462 e. The fourth-order valence-electron chi connectivity index (χ4n) is 1.85. The Morgan fingerprint density at radius 2 is 2.18 bits per heavy atom. The smallest absolute Gasteiger partial charge is 0.0462 e. The number of rotatable bonds is 9. The Morgan fingerprint density at radius 3 is 2.88 bits per heavy atom.